The van der Waals surface area contributed by atoms with Crippen LogP contribution in [0.4, 0.5) is 33.5 Å². The molecule has 0 saturated carbocycles. The molecule has 4 heterocycles. The first-order chi connectivity index (χ1) is 23.4. The molecular weight excluding hydrogens is 649 g/mol. The zero-order valence-electron chi connectivity index (χ0n) is 30.1. The van der Waals surface area contributed by atoms with Gasteiger partial charge in [-0.25, -0.2) is 13.8 Å². The second kappa shape index (κ2) is 19.6. The van der Waals surface area contributed by atoms with Crippen molar-refractivity contribution in [1.82, 2.24) is 25.2 Å². The number of ether oxygens (including phenoxy) is 3. The van der Waals surface area contributed by atoms with Crippen molar-refractivity contribution in [2.45, 2.75) is 86.1 Å². The van der Waals surface area contributed by atoms with Gasteiger partial charge in [0.05, 0.1) is 37.7 Å². The molecule has 4 N–H and O–H groups in total. The lowest BCUT2D eigenvalue weighted by Gasteiger charge is -2.28. The van der Waals surface area contributed by atoms with Crippen LogP contribution in [0.25, 0.3) is 22.2 Å². The maximum atomic E-state index is 16.0. The summed E-state index contributed by atoms with van der Waals surface area (Å²) in [5.41, 5.74) is 0.989. The molecule has 0 bridgehead atoms. The summed E-state index contributed by atoms with van der Waals surface area (Å²) in [7, 11) is 3.00. The third kappa shape index (κ3) is 10.2. The highest BCUT2D eigenvalue weighted by molar-refractivity contribution is 5.96. The Balaban J connectivity index is 0.000000536. The first-order valence-corrected chi connectivity index (χ1v) is 16.9. The van der Waals surface area contributed by atoms with Crippen LogP contribution in [0.5, 0.6) is 11.9 Å². The van der Waals surface area contributed by atoms with Crippen LogP contribution in [0, 0.1) is 18.6 Å². The molecule has 2 saturated heterocycles. The standard InChI is InChI=1S/C23H27F5N6O2.C7H13NO.2C2H6/c1-6-10(2)36-21-14-19(33-22(35-5)34-20(14)31-8-7-30-4)17(25)18(32-21)12-9-13(29)16(24)11(3)15(12)23(26,27)28;1-2-7-6-9-5-4-8(7)3-1;2*1-2/h9-10,30H,6-8,29H2,1-5H3,(H,31,33,34);7H,1-6H2;2*1-2H3. The van der Waals surface area contributed by atoms with Crippen molar-refractivity contribution >= 4 is 22.4 Å². The predicted molar refractivity (Wildman–Crippen MR) is 184 cm³/mol. The van der Waals surface area contributed by atoms with Crippen molar-refractivity contribution in [3.8, 4) is 23.1 Å². The minimum absolute atomic E-state index is 0.0221. The molecule has 2 fully saturated rings. The van der Waals surface area contributed by atoms with Gasteiger partial charge in [0.15, 0.2) is 5.82 Å². The first kappa shape index (κ1) is 41.6. The Kier molecular flexibility index (Phi) is 16.6. The highest BCUT2D eigenvalue weighted by Crippen LogP contribution is 2.44. The molecule has 3 aromatic rings. The number of nitrogen functional groups attached to an aromatic ring is 1. The van der Waals surface area contributed by atoms with Gasteiger partial charge in [-0.05, 0) is 58.3 Å². The van der Waals surface area contributed by atoms with Crippen LogP contribution in [0.1, 0.15) is 71.9 Å². The van der Waals surface area contributed by atoms with E-state index in [4.69, 9.17) is 19.9 Å². The van der Waals surface area contributed by atoms with Gasteiger partial charge in [-0.15, -0.1) is 0 Å². The number of nitrogens with one attached hydrogen (secondary N) is 2. The maximum Gasteiger partial charge on any atom is 0.417 e. The van der Waals surface area contributed by atoms with Crippen LogP contribution in [0.2, 0.25) is 0 Å². The van der Waals surface area contributed by atoms with Gasteiger partial charge in [-0.2, -0.15) is 23.1 Å². The monoisotopic (exact) mass is 701 g/mol. The Hall–Kier alpha value is -3.56. The minimum atomic E-state index is -5.03. The van der Waals surface area contributed by atoms with E-state index in [1.54, 1.807) is 14.0 Å². The number of hydrogen-bond donors (Lipinski definition) is 3. The molecule has 0 aliphatic carbocycles. The molecule has 10 nitrogen and oxygen atoms in total. The lowest BCUT2D eigenvalue weighted by Crippen LogP contribution is -2.40. The molecule has 2 atom stereocenters. The van der Waals surface area contributed by atoms with Gasteiger partial charge in [0.1, 0.15) is 28.2 Å². The zero-order valence-corrected chi connectivity index (χ0v) is 30.1. The number of alkyl halides is 3. The van der Waals surface area contributed by atoms with E-state index in [1.165, 1.54) is 33.0 Å². The van der Waals surface area contributed by atoms with E-state index in [2.05, 4.69) is 30.5 Å². The number of nitrogens with two attached hydrogens (primary N) is 1. The summed E-state index contributed by atoms with van der Waals surface area (Å²) < 4.78 is 88.7. The van der Waals surface area contributed by atoms with Gasteiger partial charge < -0.3 is 30.6 Å². The molecule has 49 heavy (non-hydrogen) atoms. The molecule has 2 unspecified atom stereocenters. The average Bonchev–Trinajstić information content (AvgIpc) is 3.58. The number of aromatic nitrogens is 3. The van der Waals surface area contributed by atoms with Crippen LogP contribution in [0.3, 0.4) is 0 Å². The number of hydrogen-bond acceptors (Lipinski definition) is 10. The van der Waals surface area contributed by atoms with Crippen molar-refractivity contribution in [2.75, 3.05) is 64.6 Å². The summed E-state index contributed by atoms with van der Waals surface area (Å²) >= 11 is 0. The topological polar surface area (TPSA) is 120 Å². The number of anilines is 2. The number of pyridine rings is 1. The number of morpholine rings is 1. The number of methoxy groups -OCH3 is 1. The third-order valence-corrected chi connectivity index (χ3v) is 7.87. The molecular formula is C34H52F5N7O3. The van der Waals surface area contributed by atoms with Crippen molar-refractivity contribution in [3.05, 3.63) is 28.8 Å². The molecule has 2 aromatic heterocycles. The number of likely N-dealkylation sites (N-methyl/N-ethyl adjacent to an activating group) is 1. The van der Waals surface area contributed by atoms with Gasteiger partial charge in [0.2, 0.25) is 5.88 Å². The summed E-state index contributed by atoms with van der Waals surface area (Å²) in [6.45, 7) is 17.8. The summed E-state index contributed by atoms with van der Waals surface area (Å²) in [5.74, 6) is -2.52. The molecule has 2 aliphatic rings. The van der Waals surface area contributed by atoms with Gasteiger partial charge in [0, 0.05) is 31.2 Å². The van der Waals surface area contributed by atoms with E-state index in [9.17, 15) is 17.6 Å². The number of rotatable bonds is 9. The van der Waals surface area contributed by atoms with E-state index in [-0.39, 0.29) is 28.6 Å². The molecule has 0 radical (unpaired) electrons. The van der Waals surface area contributed by atoms with Gasteiger partial charge in [-0.1, -0.05) is 34.6 Å². The highest BCUT2D eigenvalue weighted by Gasteiger charge is 2.39. The average molecular weight is 702 g/mol. The molecule has 1 aromatic carbocycles. The number of nitrogens with zero attached hydrogens (tertiary/aromatic N) is 4. The van der Waals surface area contributed by atoms with Gasteiger partial charge >= 0.3 is 12.2 Å². The molecule has 5 rings (SSSR count). The summed E-state index contributed by atoms with van der Waals surface area (Å²) in [6.07, 6.45) is -2.20. The Bertz CT molecular complexity index is 1480. The van der Waals surface area contributed by atoms with Crippen molar-refractivity contribution < 1.29 is 36.2 Å². The number of benzene rings is 1. The summed E-state index contributed by atoms with van der Waals surface area (Å²) in [6, 6.07) is 1.25. The molecule has 15 heteroatoms. The van der Waals surface area contributed by atoms with Crippen LogP contribution in [0.15, 0.2) is 6.07 Å². The molecule has 2 aliphatic heterocycles. The molecule has 0 spiro atoms. The predicted octanol–water partition coefficient (Wildman–Crippen LogP) is 7.23. The fourth-order valence-corrected chi connectivity index (χ4v) is 5.33. The Morgan fingerprint density at radius 2 is 1.78 bits per heavy atom. The van der Waals surface area contributed by atoms with Crippen LogP contribution < -0.4 is 25.8 Å². The maximum absolute atomic E-state index is 16.0. The van der Waals surface area contributed by atoms with E-state index < -0.39 is 52.0 Å². The second-order valence-corrected chi connectivity index (χ2v) is 11.0. The highest BCUT2D eigenvalue weighted by atomic mass is 19.4. The summed E-state index contributed by atoms with van der Waals surface area (Å²) in [4.78, 5) is 14.9. The third-order valence-electron chi connectivity index (χ3n) is 7.87. The summed E-state index contributed by atoms with van der Waals surface area (Å²) in [5, 5.41) is 5.98. The Morgan fingerprint density at radius 1 is 1.08 bits per heavy atom. The normalized spacial score (nSPS) is 16.2. The van der Waals surface area contributed by atoms with Crippen molar-refractivity contribution in [3.63, 3.8) is 0 Å². The lowest BCUT2D eigenvalue weighted by molar-refractivity contribution is -0.137. The zero-order chi connectivity index (χ0) is 36.9. The van der Waals surface area contributed by atoms with Crippen LogP contribution in [-0.4, -0.2) is 85.5 Å². The van der Waals surface area contributed by atoms with E-state index in [1.807, 2.05) is 34.6 Å². The van der Waals surface area contributed by atoms with E-state index >= 15 is 4.39 Å². The van der Waals surface area contributed by atoms with Gasteiger partial charge in [-0.3, -0.25) is 4.90 Å². The van der Waals surface area contributed by atoms with Gasteiger partial charge in [0.25, 0.3) is 0 Å². The second-order valence-electron chi connectivity index (χ2n) is 11.0. The van der Waals surface area contributed by atoms with E-state index in [0.29, 0.717) is 25.6 Å². The smallest absolute Gasteiger partial charge is 0.417 e. The quantitative estimate of drug-likeness (QED) is 0.120. The lowest BCUT2D eigenvalue weighted by atomic mass is 9.96. The minimum Gasteiger partial charge on any atom is -0.474 e. The van der Waals surface area contributed by atoms with Crippen molar-refractivity contribution in [1.29, 1.82) is 0 Å². The SMILES string of the molecule is C1CC2COCCN2C1.CC.CC.CCC(C)Oc1nc(-c2cc(N)c(F)c(C)c2C(F)(F)F)c(F)c2nc(OC)nc(NCCNC)c12. The largest absolute Gasteiger partial charge is 0.474 e. The number of halogens is 5. The fraction of sp³-hybridized carbons (Fsp3) is 0.618. The fourth-order valence-electron chi connectivity index (χ4n) is 5.33. The van der Waals surface area contributed by atoms with Crippen molar-refractivity contribution in [2.24, 2.45) is 0 Å². The van der Waals surface area contributed by atoms with E-state index in [0.717, 1.165) is 26.2 Å². The Labute approximate surface area is 286 Å². The molecule has 0 amide bonds. The van der Waals surface area contributed by atoms with Crippen LogP contribution >= 0.6 is 0 Å². The Morgan fingerprint density at radius 3 is 2.37 bits per heavy atom. The molecule has 276 valence electrons. The number of fused-ring (bicyclic) bond motifs is 2. The first-order valence-electron chi connectivity index (χ1n) is 16.9. The van der Waals surface area contributed by atoms with Crippen LogP contribution in [-0.2, 0) is 10.9 Å².